The molecule has 0 spiro atoms. The molecule has 0 aliphatic rings. The molecule has 0 amide bonds. The van der Waals surface area contributed by atoms with E-state index in [1.807, 2.05) is 6.92 Å². The summed E-state index contributed by atoms with van der Waals surface area (Å²) in [6.45, 7) is 9.69. The average molecular weight is 186 g/mol. The first-order valence-corrected chi connectivity index (χ1v) is 5.05. The molecule has 0 aromatic carbocycles. The number of Topliss-reactive ketones (excluding diaryl/α,β-unsaturated/α-hetero) is 1. The van der Waals surface area contributed by atoms with Crippen LogP contribution in [-0.4, -0.2) is 19.0 Å². The first-order chi connectivity index (χ1) is 5.95. The first kappa shape index (κ1) is 12.6. The Labute approximate surface area is 81.7 Å². The highest BCUT2D eigenvalue weighted by Gasteiger charge is 2.12. The van der Waals surface area contributed by atoms with Crippen molar-refractivity contribution in [1.29, 1.82) is 0 Å². The van der Waals surface area contributed by atoms with E-state index in [0.717, 1.165) is 6.42 Å². The number of hydrogen-bond donors (Lipinski definition) is 0. The molecule has 2 heteroatoms. The number of hydrogen-bond acceptors (Lipinski definition) is 2. The van der Waals surface area contributed by atoms with Gasteiger partial charge in [0, 0.05) is 19.4 Å². The number of carbonyl (C=O) groups excluding carboxylic acids is 1. The maximum Gasteiger partial charge on any atom is 0.135 e. The zero-order valence-corrected chi connectivity index (χ0v) is 9.35. The van der Waals surface area contributed by atoms with E-state index in [1.54, 1.807) is 0 Å². The average Bonchev–Trinajstić information content (AvgIpc) is 2.00. The highest BCUT2D eigenvalue weighted by Crippen LogP contribution is 2.20. The molecule has 0 saturated heterocycles. The summed E-state index contributed by atoms with van der Waals surface area (Å²) in [6, 6.07) is 0. The first-order valence-electron chi connectivity index (χ1n) is 5.05. The minimum atomic E-state index is 0.265. The normalized spacial score (nSPS) is 11.7. The minimum absolute atomic E-state index is 0.265. The van der Waals surface area contributed by atoms with Crippen LogP contribution in [0.1, 0.15) is 47.0 Å². The molecular weight excluding hydrogens is 164 g/mol. The van der Waals surface area contributed by atoms with Crippen LogP contribution in [0.15, 0.2) is 0 Å². The molecule has 0 saturated carbocycles. The Hall–Kier alpha value is -0.370. The number of ether oxygens (including phenoxy) is 1. The lowest BCUT2D eigenvalue weighted by Crippen LogP contribution is -2.10. The number of rotatable bonds is 6. The van der Waals surface area contributed by atoms with Gasteiger partial charge in [0.25, 0.3) is 0 Å². The van der Waals surface area contributed by atoms with Crippen molar-refractivity contribution in [2.24, 2.45) is 5.41 Å². The van der Waals surface area contributed by atoms with Gasteiger partial charge in [0.05, 0.1) is 6.61 Å². The summed E-state index contributed by atoms with van der Waals surface area (Å²) < 4.78 is 5.12. The van der Waals surface area contributed by atoms with Crippen molar-refractivity contribution in [3.05, 3.63) is 0 Å². The SMILES string of the molecule is CCOCCC(=O)CCC(C)(C)C. The van der Waals surface area contributed by atoms with Crippen molar-refractivity contribution < 1.29 is 9.53 Å². The zero-order chi connectivity index (χ0) is 10.3. The van der Waals surface area contributed by atoms with E-state index in [9.17, 15) is 4.79 Å². The van der Waals surface area contributed by atoms with E-state index >= 15 is 0 Å². The second-order valence-electron chi connectivity index (χ2n) is 4.55. The molecule has 0 radical (unpaired) electrons. The van der Waals surface area contributed by atoms with Crippen molar-refractivity contribution in [2.45, 2.75) is 47.0 Å². The van der Waals surface area contributed by atoms with Crippen LogP contribution in [0.3, 0.4) is 0 Å². The third kappa shape index (κ3) is 9.54. The molecule has 13 heavy (non-hydrogen) atoms. The Morgan fingerprint density at radius 1 is 1.23 bits per heavy atom. The van der Waals surface area contributed by atoms with E-state index in [4.69, 9.17) is 4.74 Å². The molecule has 0 fully saturated rings. The maximum atomic E-state index is 11.3. The molecule has 0 N–H and O–H groups in total. The minimum Gasteiger partial charge on any atom is -0.381 e. The third-order valence-electron chi connectivity index (χ3n) is 1.88. The van der Waals surface area contributed by atoms with Crippen LogP contribution in [0, 0.1) is 5.41 Å². The summed E-state index contributed by atoms with van der Waals surface area (Å²) >= 11 is 0. The van der Waals surface area contributed by atoms with Gasteiger partial charge in [-0.25, -0.2) is 0 Å². The molecule has 0 atom stereocenters. The molecule has 0 unspecified atom stereocenters. The van der Waals surface area contributed by atoms with Gasteiger partial charge in [-0.3, -0.25) is 4.79 Å². The van der Waals surface area contributed by atoms with Gasteiger partial charge < -0.3 is 4.74 Å². The Bertz CT molecular complexity index is 145. The topological polar surface area (TPSA) is 26.3 Å². The van der Waals surface area contributed by atoms with Gasteiger partial charge in [-0.2, -0.15) is 0 Å². The van der Waals surface area contributed by atoms with Crippen LogP contribution >= 0.6 is 0 Å². The summed E-state index contributed by atoms with van der Waals surface area (Å²) in [5, 5.41) is 0. The fraction of sp³-hybridized carbons (Fsp3) is 0.909. The maximum absolute atomic E-state index is 11.3. The lowest BCUT2D eigenvalue weighted by molar-refractivity contribution is -0.120. The Balaban J connectivity index is 3.41. The van der Waals surface area contributed by atoms with Gasteiger partial charge in [-0.1, -0.05) is 20.8 Å². The predicted octanol–water partition coefficient (Wildman–Crippen LogP) is 2.81. The van der Waals surface area contributed by atoms with E-state index < -0.39 is 0 Å². The fourth-order valence-electron chi connectivity index (χ4n) is 0.970. The second-order valence-corrected chi connectivity index (χ2v) is 4.55. The van der Waals surface area contributed by atoms with Crippen LogP contribution in [-0.2, 0) is 9.53 Å². The van der Waals surface area contributed by atoms with Gasteiger partial charge in [-0.05, 0) is 18.8 Å². The molecule has 0 heterocycles. The van der Waals surface area contributed by atoms with E-state index in [2.05, 4.69) is 20.8 Å². The molecule has 78 valence electrons. The van der Waals surface area contributed by atoms with Gasteiger partial charge in [-0.15, -0.1) is 0 Å². The quantitative estimate of drug-likeness (QED) is 0.596. The molecule has 0 aromatic heterocycles. The number of ketones is 1. The summed E-state index contributed by atoms with van der Waals surface area (Å²) in [7, 11) is 0. The Morgan fingerprint density at radius 2 is 1.85 bits per heavy atom. The smallest absolute Gasteiger partial charge is 0.135 e. The number of carbonyl (C=O) groups is 1. The lowest BCUT2D eigenvalue weighted by atomic mass is 9.89. The molecule has 0 aliphatic heterocycles. The third-order valence-corrected chi connectivity index (χ3v) is 1.88. The van der Waals surface area contributed by atoms with Gasteiger partial charge in [0.1, 0.15) is 5.78 Å². The van der Waals surface area contributed by atoms with Gasteiger partial charge in [0.15, 0.2) is 0 Å². The van der Waals surface area contributed by atoms with Crippen LogP contribution in [0.2, 0.25) is 0 Å². The van der Waals surface area contributed by atoms with Crippen molar-refractivity contribution in [3.63, 3.8) is 0 Å². The lowest BCUT2D eigenvalue weighted by Gasteiger charge is -2.16. The van der Waals surface area contributed by atoms with Crippen molar-refractivity contribution in [2.75, 3.05) is 13.2 Å². The van der Waals surface area contributed by atoms with Crippen LogP contribution in [0.5, 0.6) is 0 Å². The summed E-state index contributed by atoms with van der Waals surface area (Å²) in [5.74, 6) is 0.323. The largest absolute Gasteiger partial charge is 0.381 e. The fourth-order valence-corrected chi connectivity index (χ4v) is 0.970. The summed E-state index contributed by atoms with van der Waals surface area (Å²) in [5.41, 5.74) is 0.265. The standard InChI is InChI=1S/C11H22O2/c1-5-13-9-7-10(12)6-8-11(2,3)4/h5-9H2,1-4H3. The Kier molecular flexibility index (Phi) is 5.97. The van der Waals surface area contributed by atoms with Crippen LogP contribution in [0.4, 0.5) is 0 Å². The monoisotopic (exact) mass is 186 g/mol. The van der Waals surface area contributed by atoms with Gasteiger partial charge in [0.2, 0.25) is 0 Å². The zero-order valence-electron chi connectivity index (χ0n) is 9.35. The van der Waals surface area contributed by atoms with Crippen molar-refractivity contribution in [3.8, 4) is 0 Å². The van der Waals surface area contributed by atoms with Crippen LogP contribution < -0.4 is 0 Å². The van der Waals surface area contributed by atoms with E-state index in [-0.39, 0.29) is 5.41 Å². The van der Waals surface area contributed by atoms with Crippen LogP contribution in [0.25, 0.3) is 0 Å². The van der Waals surface area contributed by atoms with E-state index in [1.165, 1.54) is 0 Å². The molecule has 0 aromatic rings. The summed E-state index contributed by atoms with van der Waals surface area (Å²) in [6.07, 6.45) is 2.23. The predicted molar refractivity (Wildman–Crippen MR) is 54.8 cm³/mol. The van der Waals surface area contributed by atoms with Crippen molar-refractivity contribution >= 4 is 5.78 Å². The second kappa shape index (κ2) is 6.14. The van der Waals surface area contributed by atoms with Gasteiger partial charge >= 0.3 is 0 Å². The molecule has 0 bridgehead atoms. The van der Waals surface area contributed by atoms with E-state index in [0.29, 0.717) is 31.8 Å². The Morgan fingerprint density at radius 3 is 2.31 bits per heavy atom. The molecular formula is C11H22O2. The highest BCUT2D eigenvalue weighted by molar-refractivity contribution is 5.78. The molecule has 0 aliphatic carbocycles. The molecule has 0 rings (SSSR count). The molecule has 2 nitrogen and oxygen atoms in total. The highest BCUT2D eigenvalue weighted by atomic mass is 16.5. The van der Waals surface area contributed by atoms with Crippen molar-refractivity contribution in [1.82, 2.24) is 0 Å². The summed E-state index contributed by atoms with van der Waals surface area (Å²) in [4.78, 5) is 11.3.